The van der Waals surface area contributed by atoms with Gasteiger partial charge in [0.1, 0.15) is 5.75 Å². The summed E-state index contributed by atoms with van der Waals surface area (Å²) in [6.45, 7) is 3.36. The molecule has 0 spiro atoms. The average Bonchev–Trinajstić information content (AvgIpc) is 2.97. The second-order valence-electron chi connectivity index (χ2n) is 5.78. The van der Waals surface area contributed by atoms with Crippen LogP contribution in [0.25, 0.3) is 0 Å². The molecule has 0 heterocycles. The molecule has 3 heteroatoms. The number of ether oxygens (including phenoxy) is 1. The second-order valence-corrected chi connectivity index (χ2v) is 6.63. The fourth-order valence-electron chi connectivity index (χ4n) is 3.19. The van der Waals surface area contributed by atoms with Gasteiger partial charge in [0.25, 0.3) is 0 Å². The first-order chi connectivity index (χ1) is 9.74. The molecule has 112 valence electrons. The van der Waals surface area contributed by atoms with Gasteiger partial charge in [0.05, 0.1) is 11.6 Å². The molecule has 2 nitrogen and oxygen atoms in total. The second kappa shape index (κ2) is 8.04. The molecule has 0 saturated heterocycles. The number of methoxy groups -OCH3 is 1. The van der Waals surface area contributed by atoms with Crippen LogP contribution in [0.5, 0.6) is 5.75 Å². The van der Waals surface area contributed by atoms with Crippen molar-refractivity contribution in [3.05, 3.63) is 28.2 Å². The first-order valence-corrected chi connectivity index (χ1v) is 8.59. The Morgan fingerprint density at radius 2 is 2.10 bits per heavy atom. The van der Waals surface area contributed by atoms with E-state index < -0.39 is 0 Å². The van der Waals surface area contributed by atoms with E-state index in [9.17, 15) is 0 Å². The van der Waals surface area contributed by atoms with Crippen LogP contribution < -0.4 is 10.1 Å². The number of halogens is 1. The van der Waals surface area contributed by atoms with Crippen molar-refractivity contribution in [1.82, 2.24) is 5.32 Å². The van der Waals surface area contributed by atoms with Gasteiger partial charge in [-0.2, -0.15) is 0 Å². The highest BCUT2D eigenvalue weighted by atomic mass is 79.9. The van der Waals surface area contributed by atoms with Crippen molar-refractivity contribution in [2.75, 3.05) is 13.7 Å². The Bertz CT molecular complexity index is 415. The van der Waals surface area contributed by atoms with Crippen LogP contribution in [0.2, 0.25) is 0 Å². The topological polar surface area (TPSA) is 21.3 Å². The zero-order valence-corrected chi connectivity index (χ0v) is 14.2. The Morgan fingerprint density at radius 1 is 1.35 bits per heavy atom. The van der Waals surface area contributed by atoms with E-state index in [-0.39, 0.29) is 0 Å². The summed E-state index contributed by atoms with van der Waals surface area (Å²) in [6.07, 6.45) is 7.91. The van der Waals surface area contributed by atoms with Gasteiger partial charge >= 0.3 is 0 Å². The minimum absolute atomic E-state index is 0.623. The summed E-state index contributed by atoms with van der Waals surface area (Å²) < 4.78 is 6.36. The number of rotatable bonds is 7. The summed E-state index contributed by atoms with van der Waals surface area (Å²) in [4.78, 5) is 0. The van der Waals surface area contributed by atoms with Gasteiger partial charge in [0.2, 0.25) is 0 Å². The third kappa shape index (κ3) is 4.23. The first-order valence-electron chi connectivity index (χ1n) is 7.80. The summed E-state index contributed by atoms with van der Waals surface area (Å²) in [7, 11) is 1.71. The van der Waals surface area contributed by atoms with Gasteiger partial charge in [-0.3, -0.25) is 0 Å². The SMILES string of the molecule is CCCNC(Cc1ccc(OC)c(Br)c1)C1CCCC1. The van der Waals surface area contributed by atoms with E-state index in [0.29, 0.717) is 6.04 Å². The Labute approximate surface area is 131 Å². The van der Waals surface area contributed by atoms with E-state index in [1.165, 1.54) is 37.7 Å². The molecule has 1 aliphatic carbocycles. The summed E-state index contributed by atoms with van der Waals surface area (Å²) in [5, 5.41) is 3.76. The lowest BCUT2D eigenvalue weighted by molar-refractivity contribution is 0.356. The van der Waals surface area contributed by atoms with Crippen molar-refractivity contribution >= 4 is 15.9 Å². The maximum atomic E-state index is 5.31. The van der Waals surface area contributed by atoms with Gasteiger partial charge in [-0.25, -0.2) is 0 Å². The highest BCUT2D eigenvalue weighted by Gasteiger charge is 2.24. The van der Waals surface area contributed by atoms with Crippen molar-refractivity contribution in [2.45, 2.75) is 51.5 Å². The molecule has 1 aromatic carbocycles. The molecule has 1 aliphatic rings. The first kappa shape index (κ1) is 15.8. The summed E-state index contributed by atoms with van der Waals surface area (Å²) in [5.74, 6) is 1.76. The van der Waals surface area contributed by atoms with Crippen molar-refractivity contribution in [3.63, 3.8) is 0 Å². The monoisotopic (exact) mass is 339 g/mol. The van der Waals surface area contributed by atoms with Crippen LogP contribution in [0.4, 0.5) is 0 Å². The predicted molar refractivity (Wildman–Crippen MR) is 88.4 cm³/mol. The van der Waals surface area contributed by atoms with Crippen molar-refractivity contribution < 1.29 is 4.74 Å². The molecule has 0 amide bonds. The average molecular weight is 340 g/mol. The maximum Gasteiger partial charge on any atom is 0.133 e. The molecule has 1 saturated carbocycles. The Morgan fingerprint density at radius 3 is 2.70 bits per heavy atom. The molecule has 0 bridgehead atoms. The minimum atomic E-state index is 0.623. The fraction of sp³-hybridized carbons (Fsp3) is 0.647. The Kier molecular flexibility index (Phi) is 6.37. The van der Waals surface area contributed by atoms with Gasteiger partial charge in [-0.05, 0) is 71.8 Å². The zero-order chi connectivity index (χ0) is 14.4. The van der Waals surface area contributed by atoms with Crippen LogP contribution in [0.15, 0.2) is 22.7 Å². The lowest BCUT2D eigenvalue weighted by atomic mass is 9.92. The van der Waals surface area contributed by atoms with Crippen molar-refractivity contribution in [3.8, 4) is 5.75 Å². The normalized spacial score (nSPS) is 17.4. The number of hydrogen-bond acceptors (Lipinski definition) is 2. The molecular formula is C17H26BrNO. The standard InChI is InChI=1S/C17H26BrNO/c1-3-10-19-16(14-6-4-5-7-14)12-13-8-9-17(20-2)15(18)11-13/h8-9,11,14,16,19H,3-7,10,12H2,1-2H3. The van der Waals surface area contributed by atoms with Crippen LogP contribution in [0.3, 0.4) is 0 Å². The van der Waals surface area contributed by atoms with E-state index in [2.05, 4.69) is 46.4 Å². The van der Waals surface area contributed by atoms with E-state index in [4.69, 9.17) is 4.74 Å². The molecule has 1 N–H and O–H groups in total. The highest BCUT2D eigenvalue weighted by Crippen LogP contribution is 2.31. The molecule has 0 aliphatic heterocycles. The largest absolute Gasteiger partial charge is 0.496 e. The van der Waals surface area contributed by atoms with Crippen LogP contribution >= 0.6 is 15.9 Å². The molecule has 1 fully saturated rings. The zero-order valence-electron chi connectivity index (χ0n) is 12.6. The van der Waals surface area contributed by atoms with Gasteiger partial charge < -0.3 is 10.1 Å². The van der Waals surface area contributed by atoms with E-state index in [1.54, 1.807) is 7.11 Å². The summed E-state index contributed by atoms with van der Waals surface area (Å²) >= 11 is 3.59. The quantitative estimate of drug-likeness (QED) is 0.786. The lowest BCUT2D eigenvalue weighted by Gasteiger charge is -2.25. The summed E-state index contributed by atoms with van der Waals surface area (Å²) in [6, 6.07) is 7.08. The smallest absolute Gasteiger partial charge is 0.133 e. The maximum absolute atomic E-state index is 5.31. The fourth-order valence-corrected chi connectivity index (χ4v) is 3.77. The van der Waals surface area contributed by atoms with Gasteiger partial charge in [0.15, 0.2) is 0 Å². The number of hydrogen-bond donors (Lipinski definition) is 1. The van der Waals surface area contributed by atoms with Gasteiger partial charge in [0, 0.05) is 6.04 Å². The molecule has 1 unspecified atom stereocenters. The Balaban J connectivity index is 2.04. The predicted octanol–water partition coefficient (Wildman–Crippen LogP) is 4.56. The number of benzene rings is 1. The molecule has 20 heavy (non-hydrogen) atoms. The Hall–Kier alpha value is -0.540. The van der Waals surface area contributed by atoms with E-state index in [0.717, 1.165) is 29.1 Å². The molecular weight excluding hydrogens is 314 g/mol. The minimum Gasteiger partial charge on any atom is -0.496 e. The summed E-state index contributed by atoms with van der Waals surface area (Å²) in [5.41, 5.74) is 1.39. The molecule has 1 aromatic rings. The third-order valence-corrected chi connectivity index (χ3v) is 4.92. The molecule has 0 radical (unpaired) electrons. The van der Waals surface area contributed by atoms with Gasteiger partial charge in [-0.15, -0.1) is 0 Å². The van der Waals surface area contributed by atoms with Crippen molar-refractivity contribution in [1.29, 1.82) is 0 Å². The third-order valence-electron chi connectivity index (χ3n) is 4.30. The highest BCUT2D eigenvalue weighted by molar-refractivity contribution is 9.10. The van der Waals surface area contributed by atoms with E-state index in [1.807, 2.05) is 0 Å². The van der Waals surface area contributed by atoms with Crippen LogP contribution in [-0.2, 0) is 6.42 Å². The van der Waals surface area contributed by atoms with Gasteiger partial charge in [-0.1, -0.05) is 25.8 Å². The van der Waals surface area contributed by atoms with E-state index >= 15 is 0 Å². The number of nitrogens with one attached hydrogen (secondary N) is 1. The van der Waals surface area contributed by atoms with Crippen LogP contribution in [-0.4, -0.2) is 19.7 Å². The van der Waals surface area contributed by atoms with Crippen molar-refractivity contribution in [2.24, 2.45) is 5.92 Å². The molecule has 1 atom stereocenters. The molecule has 0 aromatic heterocycles. The van der Waals surface area contributed by atoms with Crippen LogP contribution in [0, 0.1) is 5.92 Å². The molecule has 2 rings (SSSR count). The lowest BCUT2D eigenvalue weighted by Crippen LogP contribution is -2.37. The van der Waals surface area contributed by atoms with Crippen LogP contribution in [0.1, 0.15) is 44.6 Å².